The second-order valence-corrected chi connectivity index (χ2v) is 7.66. The smallest absolute Gasteiger partial charge is 0.142 e. The van der Waals surface area contributed by atoms with E-state index >= 15 is 4.39 Å². The molecule has 1 aromatic rings. The zero-order chi connectivity index (χ0) is 18.1. The molecule has 0 aliphatic carbocycles. The van der Waals surface area contributed by atoms with Crippen LogP contribution >= 0.6 is 0 Å². The Morgan fingerprint density at radius 3 is 2.88 bits per heavy atom. The number of piperidine rings is 1. The number of anilines is 1. The minimum absolute atomic E-state index is 0.239. The van der Waals surface area contributed by atoms with Crippen molar-refractivity contribution in [1.29, 1.82) is 0 Å². The van der Waals surface area contributed by atoms with Crippen LogP contribution in [-0.2, 0) is 0 Å². The minimum atomic E-state index is -1.42. The standard InChI is InChI=1S/C21H27FN4/c1-14-11-25-13-19(21(14,2)22)16-9-15-3-6-24-12-18(15)20(10-16)26-17-4-7-23-8-5-17/h3,9-14,17,23-24,26H,4-8H2,1-2H3. The van der Waals surface area contributed by atoms with Crippen LogP contribution in [0.5, 0.6) is 0 Å². The Labute approximate surface area is 154 Å². The lowest BCUT2D eigenvalue weighted by atomic mass is 9.81. The van der Waals surface area contributed by atoms with Crippen LogP contribution < -0.4 is 26.4 Å². The number of nitrogens with zero attached hydrogens (tertiary/aromatic N) is 1. The van der Waals surface area contributed by atoms with Crippen molar-refractivity contribution >= 4 is 29.8 Å². The fourth-order valence-electron chi connectivity index (χ4n) is 3.91. The number of hydrogen-bond acceptors (Lipinski definition) is 4. The normalized spacial score (nSPS) is 28.3. The van der Waals surface area contributed by atoms with E-state index in [0.717, 1.165) is 54.2 Å². The van der Waals surface area contributed by atoms with E-state index in [1.54, 1.807) is 19.3 Å². The molecule has 0 saturated carbocycles. The van der Waals surface area contributed by atoms with Crippen molar-refractivity contribution in [3.63, 3.8) is 0 Å². The number of allylic oxidation sites excluding steroid dienone is 1. The molecular formula is C21H27FN4. The van der Waals surface area contributed by atoms with Crippen molar-refractivity contribution in [2.45, 2.75) is 38.4 Å². The van der Waals surface area contributed by atoms with Crippen LogP contribution in [0.3, 0.4) is 0 Å². The first-order valence-electron chi connectivity index (χ1n) is 9.54. The highest BCUT2D eigenvalue weighted by Crippen LogP contribution is 2.38. The summed E-state index contributed by atoms with van der Waals surface area (Å²) < 4.78 is 15.4. The Bertz CT molecular complexity index is 863. The molecule has 5 heteroatoms. The highest BCUT2D eigenvalue weighted by molar-refractivity contribution is 5.82. The average molecular weight is 354 g/mol. The molecule has 3 aliphatic rings. The molecule has 3 aliphatic heterocycles. The fraction of sp³-hybridized carbons (Fsp3) is 0.476. The van der Waals surface area contributed by atoms with Gasteiger partial charge >= 0.3 is 0 Å². The monoisotopic (exact) mass is 354 g/mol. The van der Waals surface area contributed by atoms with Crippen molar-refractivity contribution in [3.8, 4) is 0 Å². The molecule has 1 fully saturated rings. The van der Waals surface area contributed by atoms with Crippen molar-refractivity contribution in [1.82, 2.24) is 10.6 Å². The SMILES string of the molecule is CC1C=NC=C(c2cc(NC3CCNCC3)c3c(c2)=CCNC=3)C1(C)F. The van der Waals surface area contributed by atoms with E-state index < -0.39 is 5.67 Å². The Morgan fingerprint density at radius 2 is 2.08 bits per heavy atom. The van der Waals surface area contributed by atoms with Gasteiger partial charge in [0, 0.05) is 53.6 Å². The predicted octanol–water partition coefficient (Wildman–Crippen LogP) is 1.76. The van der Waals surface area contributed by atoms with Crippen LogP contribution in [0.2, 0.25) is 0 Å². The van der Waals surface area contributed by atoms with E-state index in [4.69, 9.17) is 0 Å². The number of benzene rings is 1. The maximum absolute atomic E-state index is 15.4. The van der Waals surface area contributed by atoms with Gasteiger partial charge in [0.15, 0.2) is 0 Å². The van der Waals surface area contributed by atoms with Crippen LogP contribution in [-0.4, -0.2) is 37.6 Å². The number of fused-ring (bicyclic) bond motifs is 1. The number of hydrogen-bond donors (Lipinski definition) is 3. The number of rotatable bonds is 3. The zero-order valence-electron chi connectivity index (χ0n) is 15.5. The van der Waals surface area contributed by atoms with Gasteiger partial charge in [-0.05, 0) is 55.8 Å². The molecule has 4 rings (SSSR count). The van der Waals surface area contributed by atoms with E-state index in [2.05, 4.69) is 45.4 Å². The molecule has 2 atom stereocenters. The van der Waals surface area contributed by atoms with Gasteiger partial charge in [0.05, 0.1) is 0 Å². The van der Waals surface area contributed by atoms with E-state index in [-0.39, 0.29) is 5.92 Å². The summed E-state index contributed by atoms with van der Waals surface area (Å²) >= 11 is 0. The van der Waals surface area contributed by atoms with Gasteiger partial charge in [-0.1, -0.05) is 13.0 Å². The van der Waals surface area contributed by atoms with Crippen LogP contribution in [0.15, 0.2) is 23.3 Å². The van der Waals surface area contributed by atoms with Gasteiger partial charge in [-0.2, -0.15) is 0 Å². The van der Waals surface area contributed by atoms with Gasteiger partial charge in [-0.25, -0.2) is 4.39 Å². The molecular weight excluding hydrogens is 327 g/mol. The van der Waals surface area contributed by atoms with Gasteiger partial charge < -0.3 is 16.0 Å². The topological polar surface area (TPSA) is 48.5 Å². The van der Waals surface area contributed by atoms with Crippen molar-refractivity contribution < 1.29 is 4.39 Å². The molecule has 1 aromatic carbocycles. The van der Waals surface area contributed by atoms with E-state index in [9.17, 15) is 0 Å². The molecule has 138 valence electrons. The predicted molar refractivity (Wildman–Crippen MR) is 107 cm³/mol. The molecule has 0 aromatic heterocycles. The third-order valence-electron chi connectivity index (χ3n) is 5.80. The van der Waals surface area contributed by atoms with Crippen LogP contribution in [0.1, 0.15) is 32.3 Å². The zero-order valence-corrected chi connectivity index (χ0v) is 15.5. The summed E-state index contributed by atoms with van der Waals surface area (Å²) in [5.41, 5.74) is 1.24. The second-order valence-electron chi connectivity index (χ2n) is 7.66. The Morgan fingerprint density at radius 1 is 1.27 bits per heavy atom. The highest BCUT2D eigenvalue weighted by Gasteiger charge is 2.37. The highest BCUT2D eigenvalue weighted by atomic mass is 19.1. The third-order valence-corrected chi connectivity index (χ3v) is 5.80. The minimum Gasteiger partial charge on any atom is -0.387 e. The lowest BCUT2D eigenvalue weighted by molar-refractivity contribution is 0.226. The molecule has 3 heterocycles. The second kappa shape index (κ2) is 6.88. The molecule has 2 unspecified atom stereocenters. The fourth-order valence-corrected chi connectivity index (χ4v) is 3.91. The average Bonchev–Trinajstić information content (AvgIpc) is 2.65. The maximum Gasteiger partial charge on any atom is 0.142 e. The molecule has 0 spiro atoms. The van der Waals surface area contributed by atoms with Crippen molar-refractivity contribution in [2.24, 2.45) is 10.9 Å². The summed E-state index contributed by atoms with van der Waals surface area (Å²) in [5, 5.41) is 12.7. The van der Waals surface area contributed by atoms with Crippen LogP contribution in [0, 0.1) is 5.92 Å². The molecule has 1 saturated heterocycles. The van der Waals surface area contributed by atoms with Gasteiger partial charge in [-0.15, -0.1) is 0 Å². The van der Waals surface area contributed by atoms with E-state index in [1.807, 2.05) is 6.92 Å². The first-order valence-corrected chi connectivity index (χ1v) is 9.54. The first-order chi connectivity index (χ1) is 12.6. The van der Waals surface area contributed by atoms with Crippen LogP contribution in [0.4, 0.5) is 10.1 Å². The Hall–Kier alpha value is -2.14. The lowest BCUT2D eigenvalue weighted by Crippen LogP contribution is -2.41. The van der Waals surface area contributed by atoms with Crippen molar-refractivity contribution in [3.05, 3.63) is 34.3 Å². The van der Waals surface area contributed by atoms with Gasteiger partial charge in [0.1, 0.15) is 5.67 Å². The molecule has 0 radical (unpaired) electrons. The van der Waals surface area contributed by atoms with Crippen molar-refractivity contribution in [2.75, 3.05) is 25.0 Å². The quantitative estimate of drug-likeness (QED) is 0.775. The summed E-state index contributed by atoms with van der Waals surface area (Å²) in [4.78, 5) is 4.28. The Kier molecular flexibility index (Phi) is 4.57. The summed E-state index contributed by atoms with van der Waals surface area (Å²) in [7, 11) is 0. The molecule has 0 bridgehead atoms. The largest absolute Gasteiger partial charge is 0.387 e. The number of aliphatic imine (C=N–C) groups is 1. The lowest BCUT2D eigenvalue weighted by Gasteiger charge is -2.31. The number of halogens is 1. The van der Waals surface area contributed by atoms with E-state index in [1.165, 1.54) is 0 Å². The van der Waals surface area contributed by atoms with Crippen LogP contribution in [0.25, 0.3) is 17.8 Å². The van der Waals surface area contributed by atoms with Gasteiger partial charge in [0.2, 0.25) is 0 Å². The summed E-state index contributed by atoms with van der Waals surface area (Å²) in [6.07, 6.45) is 9.80. The summed E-state index contributed by atoms with van der Waals surface area (Å²) in [5.74, 6) is -0.239. The Balaban J connectivity index is 1.78. The molecule has 4 nitrogen and oxygen atoms in total. The summed E-state index contributed by atoms with van der Waals surface area (Å²) in [6.45, 7) is 6.41. The first kappa shape index (κ1) is 17.3. The number of alkyl halides is 1. The number of nitrogens with one attached hydrogen (secondary N) is 3. The molecule has 0 amide bonds. The third kappa shape index (κ3) is 3.16. The van der Waals surface area contributed by atoms with Gasteiger partial charge in [0.25, 0.3) is 0 Å². The maximum atomic E-state index is 15.4. The van der Waals surface area contributed by atoms with E-state index in [0.29, 0.717) is 11.6 Å². The van der Waals surface area contributed by atoms with Gasteiger partial charge in [-0.3, -0.25) is 4.99 Å². The molecule has 3 N–H and O–H groups in total. The summed E-state index contributed by atoms with van der Waals surface area (Å²) in [6, 6.07) is 4.63. The molecule has 26 heavy (non-hydrogen) atoms.